The number of nitrogens with one attached hydrogen (secondary N) is 1. The fourth-order valence-electron chi connectivity index (χ4n) is 1.74. The van der Waals surface area contributed by atoms with Gasteiger partial charge in [0.15, 0.2) is 0 Å². The van der Waals surface area contributed by atoms with Gasteiger partial charge in [0, 0.05) is 10.5 Å². The highest BCUT2D eigenvalue weighted by atomic mass is 32.2. The van der Waals surface area contributed by atoms with Crippen molar-refractivity contribution in [3.8, 4) is 11.4 Å². The van der Waals surface area contributed by atoms with Crippen LogP contribution >= 0.6 is 11.8 Å². The average Bonchev–Trinajstić information content (AvgIpc) is 2.38. The van der Waals surface area contributed by atoms with E-state index in [2.05, 4.69) is 9.97 Å². The molecule has 2 rings (SSSR count). The summed E-state index contributed by atoms with van der Waals surface area (Å²) >= 11 is 1.67. The minimum absolute atomic E-state index is 0.158. The van der Waals surface area contributed by atoms with E-state index in [0.29, 0.717) is 23.6 Å². The number of hydrogen-bond donors (Lipinski definition) is 2. The molecule has 2 aromatic rings. The van der Waals surface area contributed by atoms with Crippen LogP contribution in [-0.4, -0.2) is 16.2 Å². The van der Waals surface area contributed by atoms with Crippen LogP contribution in [0.15, 0.2) is 34.0 Å². The summed E-state index contributed by atoms with van der Waals surface area (Å²) < 4.78 is 0. The smallest absolute Gasteiger partial charge is 0.256 e. The van der Waals surface area contributed by atoms with Crippen LogP contribution in [0, 0.1) is 0 Å². The molecule has 0 radical (unpaired) electrons. The van der Waals surface area contributed by atoms with Crippen molar-refractivity contribution in [3.05, 3.63) is 40.2 Å². The number of nitrogens with zero attached hydrogens (tertiary/aromatic N) is 1. The summed E-state index contributed by atoms with van der Waals surface area (Å²) in [6, 6.07) is 7.83. The lowest BCUT2D eigenvalue weighted by Gasteiger charge is -2.06. The van der Waals surface area contributed by atoms with E-state index in [0.717, 1.165) is 5.56 Å². The molecule has 0 saturated carbocycles. The van der Waals surface area contributed by atoms with Crippen molar-refractivity contribution in [1.29, 1.82) is 0 Å². The third-order valence-corrected chi connectivity index (χ3v) is 3.51. The predicted octanol–water partition coefficient (Wildman–Crippen LogP) is 2.30. The number of anilines is 1. The van der Waals surface area contributed by atoms with Gasteiger partial charge in [-0.05, 0) is 24.8 Å². The summed E-state index contributed by atoms with van der Waals surface area (Å²) in [7, 11) is 0. The van der Waals surface area contributed by atoms with Crippen molar-refractivity contribution in [2.24, 2.45) is 0 Å². The summed E-state index contributed by atoms with van der Waals surface area (Å²) in [6.07, 6.45) is 2.60. The van der Waals surface area contributed by atoms with Crippen molar-refractivity contribution in [2.75, 3.05) is 12.0 Å². The van der Waals surface area contributed by atoms with Crippen molar-refractivity contribution in [2.45, 2.75) is 18.2 Å². The molecule has 0 aliphatic heterocycles. The van der Waals surface area contributed by atoms with Gasteiger partial charge < -0.3 is 10.7 Å². The Kier molecular flexibility index (Phi) is 3.72. The van der Waals surface area contributed by atoms with Gasteiger partial charge in [-0.15, -0.1) is 11.8 Å². The average molecular weight is 261 g/mol. The number of rotatable bonds is 3. The third-order valence-electron chi connectivity index (χ3n) is 2.76. The third kappa shape index (κ3) is 2.41. The SMILES string of the molecule is CCc1c(N)nc(-c2ccc(SC)cc2)[nH]c1=O. The molecule has 0 fully saturated rings. The lowest BCUT2D eigenvalue weighted by Crippen LogP contribution is -2.17. The van der Waals surface area contributed by atoms with Crippen molar-refractivity contribution < 1.29 is 0 Å². The van der Waals surface area contributed by atoms with Crippen molar-refractivity contribution >= 4 is 17.6 Å². The zero-order valence-corrected chi connectivity index (χ0v) is 11.2. The number of benzene rings is 1. The van der Waals surface area contributed by atoms with Gasteiger partial charge in [0.1, 0.15) is 11.6 Å². The van der Waals surface area contributed by atoms with E-state index in [9.17, 15) is 4.79 Å². The molecule has 1 aromatic heterocycles. The molecule has 0 unspecified atom stereocenters. The minimum Gasteiger partial charge on any atom is -0.383 e. The molecular weight excluding hydrogens is 246 g/mol. The Balaban J connectivity index is 2.47. The molecule has 1 aromatic carbocycles. The van der Waals surface area contributed by atoms with E-state index in [4.69, 9.17) is 5.73 Å². The van der Waals surface area contributed by atoms with Gasteiger partial charge in [-0.25, -0.2) is 4.98 Å². The van der Waals surface area contributed by atoms with Crippen LogP contribution in [0.5, 0.6) is 0 Å². The predicted molar refractivity (Wildman–Crippen MR) is 75.9 cm³/mol. The van der Waals surface area contributed by atoms with Gasteiger partial charge >= 0.3 is 0 Å². The quantitative estimate of drug-likeness (QED) is 0.832. The molecule has 1 heterocycles. The number of H-pyrrole nitrogens is 1. The number of nitrogens with two attached hydrogens (primary N) is 1. The Morgan fingerprint density at radius 2 is 2.00 bits per heavy atom. The molecule has 5 heteroatoms. The summed E-state index contributed by atoms with van der Waals surface area (Å²) in [6.45, 7) is 1.88. The Bertz CT molecular complexity index is 605. The number of hydrogen-bond acceptors (Lipinski definition) is 4. The number of nitrogen functional groups attached to an aromatic ring is 1. The zero-order valence-electron chi connectivity index (χ0n) is 10.4. The first-order chi connectivity index (χ1) is 8.65. The molecular formula is C13H15N3OS. The molecule has 3 N–H and O–H groups in total. The molecule has 0 bridgehead atoms. The van der Waals surface area contributed by atoms with Crippen LogP contribution in [-0.2, 0) is 6.42 Å². The first kappa shape index (κ1) is 12.7. The van der Waals surface area contributed by atoms with E-state index in [1.165, 1.54) is 4.90 Å². The summed E-state index contributed by atoms with van der Waals surface area (Å²) in [4.78, 5) is 20.0. The largest absolute Gasteiger partial charge is 0.383 e. The number of aromatic amines is 1. The first-order valence-electron chi connectivity index (χ1n) is 5.68. The lowest BCUT2D eigenvalue weighted by molar-refractivity contribution is 1.02. The molecule has 0 aliphatic carbocycles. The Morgan fingerprint density at radius 1 is 1.33 bits per heavy atom. The molecule has 0 amide bonds. The van der Waals surface area contributed by atoms with E-state index in [1.807, 2.05) is 37.4 Å². The lowest BCUT2D eigenvalue weighted by atomic mass is 10.2. The monoisotopic (exact) mass is 261 g/mol. The topological polar surface area (TPSA) is 71.8 Å². The highest BCUT2D eigenvalue weighted by Gasteiger charge is 2.08. The maximum atomic E-state index is 11.8. The molecule has 0 atom stereocenters. The Hall–Kier alpha value is -1.75. The van der Waals surface area contributed by atoms with Crippen LogP contribution in [0.4, 0.5) is 5.82 Å². The Morgan fingerprint density at radius 3 is 2.50 bits per heavy atom. The van der Waals surface area contributed by atoms with Gasteiger partial charge in [-0.3, -0.25) is 4.79 Å². The standard InChI is InChI=1S/C13H15N3OS/c1-3-10-11(14)15-12(16-13(10)17)8-4-6-9(18-2)7-5-8/h4-7H,3H2,1-2H3,(H3,14,15,16,17). The highest BCUT2D eigenvalue weighted by Crippen LogP contribution is 2.20. The fourth-order valence-corrected chi connectivity index (χ4v) is 2.15. The molecule has 4 nitrogen and oxygen atoms in total. The van der Waals surface area contributed by atoms with E-state index >= 15 is 0 Å². The van der Waals surface area contributed by atoms with Gasteiger partial charge in [0.2, 0.25) is 0 Å². The zero-order chi connectivity index (χ0) is 13.1. The van der Waals surface area contributed by atoms with Crippen LogP contribution in [0.3, 0.4) is 0 Å². The normalized spacial score (nSPS) is 10.6. The summed E-state index contributed by atoms with van der Waals surface area (Å²) in [5, 5.41) is 0. The van der Waals surface area contributed by atoms with Crippen LogP contribution in [0.1, 0.15) is 12.5 Å². The van der Waals surface area contributed by atoms with Gasteiger partial charge in [0.25, 0.3) is 5.56 Å². The maximum absolute atomic E-state index is 11.8. The molecule has 0 saturated heterocycles. The molecule has 0 spiro atoms. The van der Waals surface area contributed by atoms with Crippen LogP contribution in [0.25, 0.3) is 11.4 Å². The van der Waals surface area contributed by atoms with E-state index in [-0.39, 0.29) is 5.56 Å². The van der Waals surface area contributed by atoms with E-state index < -0.39 is 0 Å². The van der Waals surface area contributed by atoms with Crippen LogP contribution < -0.4 is 11.3 Å². The van der Waals surface area contributed by atoms with Gasteiger partial charge in [0.05, 0.1) is 5.56 Å². The fraction of sp³-hybridized carbons (Fsp3) is 0.231. The van der Waals surface area contributed by atoms with Crippen LogP contribution in [0.2, 0.25) is 0 Å². The van der Waals surface area contributed by atoms with Gasteiger partial charge in [-0.2, -0.15) is 0 Å². The summed E-state index contributed by atoms with van der Waals surface area (Å²) in [5.74, 6) is 0.826. The highest BCUT2D eigenvalue weighted by molar-refractivity contribution is 7.98. The second kappa shape index (κ2) is 5.27. The molecule has 18 heavy (non-hydrogen) atoms. The van der Waals surface area contributed by atoms with Gasteiger partial charge in [-0.1, -0.05) is 19.1 Å². The van der Waals surface area contributed by atoms with Crippen molar-refractivity contribution in [1.82, 2.24) is 9.97 Å². The Labute approximate surface area is 110 Å². The van der Waals surface area contributed by atoms with Crippen molar-refractivity contribution in [3.63, 3.8) is 0 Å². The first-order valence-corrected chi connectivity index (χ1v) is 6.91. The second-order valence-corrected chi connectivity index (χ2v) is 4.74. The molecule has 0 aliphatic rings. The maximum Gasteiger partial charge on any atom is 0.256 e. The molecule has 94 valence electrons. The summed E-state index contributed by atoms with van der Waals surface area (Å²) in [5.41, 5.74) is 7.03. The van der Waals surface area contributed by atoms with E-state index in [1.54, 1.807) is 11.8 Å². The number of thioether (sulfide) groups is 1. The minimum atomic E-state index is -0.158. The second-order valence-electron chi connectivity index (χ2n) is 3.86. The number of aromatic nitrogens is 2.